The van der Waals surface area contributed by atoms with Gasteiger partial charge in [-0.05, 0) is 13.0 Å². The zero-order valence-electron chi connectivity index (χ0n) is 13.0. The molecule has 0 aliphatic rings. The molecule has 2 aromatic heterocycles. The number of anilines is 2. The molecule has 0 radical (unpaired) electrons. The van der Waals surface area contributed by atoms with Gasteiger partial charge in [0.2, 0.25) is 0 Å². The van der Waals surface area contributed by atoms with Crippen LogP contribution in [0.3, 0.4) is 0 Å². The maximum absolute atomic E-state index is 12.5. The first-order valence-corrected chi connectivity index (χ1v) is 7.95. The SMILES string of the molecule is CCn1ncc(NCCNc2ncc(C(F)(F)F)cc2Cl)c(Cl)c1=O. The molecular weight excluding hydrogens is 382 g/mol. The van der Waals surface area contributed by atoms with Gasteiger partial charge in [-0.2, -0.15) is 18.3 Å². The van der Waals surface area contributed by atoms with Crippen molar-refractivity contribution in [2.45, 2.75) is 19.6 Å². The van der Waals surface area contributed by atoms with Gasteiger partial charge in [-0.3, -0.25) is 4.79 Å². The van der Waals surface area contributed by atoms with E-state index in [1.807, 2.05) is 0 Å². The van der Waals surface area contributed by atoms with Gasteiger partial charge in [0.1, 0.15) is 10.8 Å². The molecule has 136 valence electrons. The van der Waals surface area contributed by atoms with Crippen LogP contribution in [-0.2, 0) is 12.7 Å². The maximum Gasteiger partial charge on any atom is 0.417 e. The van der Waals surface area contributed by atoms with Crippen LogP contribution in [0.2, 0.25) is 10.0 Å². The van der Waals surface area contributed by atoms with Gasteiger partial charge < -0.3 is 10.6 Å². The number of nitrogens with zero attached hydrogens (tertiary/aromatic N) is 3. The second-order valence-corrected chi connectivity index (χ2v) is 5.68. The molecule has 0 unspecified atom stereocenters. The van der Waals surface area contributed by atoms with Crippen molar-refractivity contribution in [1.29, 1.82) is 0 Å². The van der Waals surface area contributed by atoms with Gasteiger partial charge in [0.15, 0.2) is 0 Å². The van der Waals surface area contributed by atoms with E-state index in [1.165, 1.54) is 10.9 Å². The van der Waals surface area contributed by atoms with Crippen LogP contribution in [0.4, 0.5) is 24.7 Å². The van der Waals surface area contributed by atoms with Gasteiger partial charge in [0.25, 0.3) is 5.56 Å². The van der Waals surface area contributed by atoms with E-state index < -0.39 is 17.3 Å². The standard InChI is InChI=1S/C14H14Cl2F3N5O/c1-2-24-13(25)11(16)10(7-23-24)20-3-4-21-12-9(15)5-8(6-22-12)14(17,18)19/h5-7,20H,2-4H2,1H3,(H,21,22). The van der Waals surface area contributed by atoms with E-state index in [9.17, 15) is 18.0 Å². The Balaban J connectivity index is 1.94. The normalized spacial score (nSPS) is 11.4. The number of alkyl halides is 3. The minimum Gasteiger partial charge on any atom is -0.381 e. The summed E-state index contributed by atoms with van der Waals surface area (Å²) in [5.74, 6) is 0.127. The van der Waals surface area contributed by atoms with Gasteiger partial charge in [-0.25, -0.2) is 9.67 Å². The largest absolute Gasteiger partial charge is 0.417 e. The lowest BCUT2D eigenvalue weighted by Gasteiger charge is -2.12. The van der Waals surface area contributed by atoms with Crippen molar-refractivity contribution in [2.75, 3.05) is 23.7 Å². The lowest BCUT2D eigenvalue weighted by Crippen LogP contribution is -2.24. The minimum atomic E-state index is -4.50. The lowest BCUT2D eigenvalue weighted by atomic mass is 10.3. The first-order chi connectivity index (χ1) is 11.7. The second kappa shape index (κ2) is 7.92. The summed E-state index contributed by atoms with van der Waals surface area (Å²) in [6, 6.07) is 0.801. The lowest BCUT2D eigenvalue weighted by molar-refractivity contribution is -0.137. The van der Waals surface area contributed by atoms with Gasteiger partial charge in [-0.15, -0.1) is 0 Å². The highest BCUT2D eigenvalue weighted by Gasteiger charge is 2.31. The maximum atomic E-state index is 12.5. The first-order valence-electron chi connectivity index (χ1n) is 7.20. The molecule has 0 saturated carbocycles. The van der Waals surface area contributed by atoms with Crippen LogP contribution in [0.15, 0.2) is 23.3 Å². The predicted octanol–water partition coefficient (Wildman–Crippen LogP) is 3.51. The van der Waals surface area contributed by atoms with E-state index in [0.29, 0.717) is 25.0 Å². The molecule has 2 aromatic rings. The Hall–Kier alpha value is -2.00. The topological polar surface area (TPSA) is 71.8 Å². The van der Waals surface area contributed by atoms with Crippen molar-refractivity contribution in [3.8, 4) is 0 Å². The molecule has 0 fully saturated rings. The van der Waals surface area contributed by atoms with Crippen LogP contribution in [-0.4, -0.2) is 27.9 Å². The molecule has 0 saturated heterocycles. The molecule has 0 aliphatic carbocycles. The molecule has 6 nitrogen and oxygen atoms in total. The monoisotopic (exact) mass is 395 g/mol. The molecule has 0 atom stereocenters. The average molecular weight is 396 g/mol. The van der Waals surface area contributed by atoms with Gasteiger partial charge >= 0.3 is 6.18 Å². The van der Waals surface area contributed by atoms with E-state index in [2.05, 4.69) is 20.7 Å². The predicted molar refractivity (Wildman–Crippen MR) is 90.4 cm³/mol. The Labute approximate surface area is 151 Å². The summed E-state index contributed by atoms with van der Waals surface area (Å²) in [4.78, 5) is 15.5. The van der Waals surface area contributed by atoms with E-state index in [4.69, 9.17) is 23.2 Å². The molecule has 2 heterocycles. The number of hydrogen-bond donors (Lipinski definition) is 2. The molecule has 2 N–H and O–H groups in total. The Morgan fingerprint density at radius 2 is 1.88 bits per heavy atom. The summed E-state index contributed by atoms with van der Waals surface area (Å²) in [5, 5.41) is 9.52. The van der Waals surface area contributed by atoms with Crippen molar-refractivity contribution >= 4 is 34.7 Å². The summed E-state index contributed by atoms with van der Waals surface area (Å²) in [5.41, 5.74) is -0.963. The number of nitrogens with one attached hydrogen (secondary N) is 2. The van der Waals surface area contributed by atoms with E-state index in [0.717, 1.165) is 6.07 Å². The molecule has 0 aliphatic heterocycles. The Morgan fingerprint density at radius 1 is 1.20 bits per heavy atom. The summed E-state index contributed by atoms with van der Waals surface area (Å²) >= 11 is 11.8. The quantitative estimate of drug-likeness (QED) is 0.732. The summed E-state index contributed by atoms with van der Waals surface area (Å²) in [6.45, 7) is 2.77. The average Bonchev–Trinajstić information content (AvgIpc) is 2.55. The van der Waals surface area contributed by atoms with Crippen LogP contribution in [0.5, 0.6) is 0 Å². The van der Waals surface area contributed by atoms with Crippen LogP contribution < -0.4 is 16.2 Å². The van der Waals surface area contributed by atoms with Gasteiger partial charge in [0.05, 0.1) is 22.5 Å². The Morgan fingerprint density at radius 3 is 2.48 bits per heavy atom. The molecule has 25 heavy (non-hydrogen) atoms. The highest BCUT2D eigenvalue weighted by molar-refractivity contribution is 6.33. The fourth-order valence-corrected chi connectivity index (χ4v) is 2.36. The minimum absolute atomic E-state index is 0.0162. The summed E-state index contributed by atoms with van der Waals surface area (Å²) in [7, 11) is 0. The molecule has 0 bridgehead atoms. The second-order valence-electron chi connectivity index (χ2n) is 4.90. The van der Waals surface area contributed by atoms with Crippen LogP contribution in [0.1, 0.15) is 12.5 Å². The third kappa shape index (κ3) is 4.76. The summed E-state index contributed by atoms with van der Waals surface area (Å²) < 4.78 is 38.9. The van der Waals surface area contributed by atoms with Crippen LogP contribution in [0, 0.1) is 0 Å². The first kappa shape index (κ1) is 19.3. The molecule has 0 aromatic carbocycles. The third-order valence-electron chi connectivity index (χ3n) is 3.19. The van der Waals surface area contributed by atoms with Crippen molar-refractivity contribution in [3.05, 3.63) is 44.4 Å². The van der Waals surface area contributed by atoms with Gasteiger partial charge in [-0.1, -0.05) is 23.2 Å². The van der Waals surface area contributed by atoms with Crippen molar-refractivity contribution < 1.29 is 13.2 Å². The zero-order valence-corrected chi connectivity index (χ0v) is 14.5. The highest BCUT2D eigenvalue weighted by Crippen LogP contribution is 2.32. The van der Waals surface area contributed by atoms with Crippen LogP contribution >= 0.6 is 23.2 Å². The number of rotatable bonds is 6. The van der Waals surface area contributed by atoms with Gasteiger partial charge in [0, 0.05) is 25.8 Å². The molecule has 11 heteroatoms. The van der Waals surface area contributed by atoms with Crippen molar-refractivity contribution in [1.82, 2.24) is 14.8 Å². The molecule has 2 rings (SSSR count). The zero-order chi connectivity index (χ0) is 18.6. The van der Waals surface area contributed by atoms with E-state index in [-0.39, 0.29) is 22.4 Å². The Bertz CT molecular complexity index is 810. The molecular formula is C14H14Cl2F3N5O. The fourth-order valence-electron chi connectivity index (χ4n) is 1.91. The highest BCUT2D eigenvalue weighted by atomic mass is 35.5. The number of pyridine rings is 1. The van der Waals surface area contributed by atoms with Crippen molar-refractivity contribution in [2.24, 2.45) is 0 Å². The van der Waals surface area contributed by atoms with E-state index in [1.54, 1.807) is 6.92 Å². The number of halogens is 5. The van der Waals surface area contributed by atoms with Crippen molar-refractivity contribution in [3.63, 3.8) is 0 Å². The molecule has 0 spiro atoms. The fraction of sp³-hybridized carbons (Fsp3) is 0.357. The van der Waals surface area contributed by atoms with E-state index >= 15 is 0 Å². The smallest absolute Gasteiger partial charge is 0.381 e. The number of aryl methyl sites for hydroxylation is 1. The summed E-state index contributed by atoms with van der Waals surface area (Å²) in [6.07, 6.45) is -2.37. The Kier molecular flexibility index (Phi) is 6.12. The van der Waals surface area contributed by atoms with Crippen LogP contribution in [0.25, 0.3) is 0 Å². The molecule has 0 amide bonds. The third-order valence-corrected chi connectivity index (χ3v) is 3.84. The number of aromatic nitrogens is 3. The number of hydrogen-bond acceptors (Lipinski definition) is 5.